The summed E-state index contributed by atoms with van der Waals surface area (Å²) >= 11 is 0. The Morgan fingerprint density at radius 2 is 1.48 bits per heavy atom. The number of hydrogen-bond donors (Lipinski definition) is 2. The lowest BCUT2D eigenvalue weighted by Crippen LogP contribution is -2.53. The minimum Gasteiger partial charge on any atom is -0.382 e. The molecule has 0 heterocycles. The number of hydrogen-bond acceptors (Lipinski definition) is 2. The molecule has 0 saturated heterocycles. The van der Waals surface area contributed by atoms with Gasteiger partial charge in [-0.25, -0.2) is 0 Å². The first kappa shape index (κ1) is 19.3. The van der Waals surface area contributed by atoms with Crippen LogP contribution in [-0.2, 0) is 0 Å². The fourth-order valence-electron chi connectivity index (χ4n) is 2.23. The Hall–Kier alpha value is -1.70. The average Bonchev–Trinajstić information content (AvgIpc) is 2.43. The summed E-state index contributed by atoms with van der Waals surface area (Å²) in [7, 11) is 0. The van der Waals surface area contributed by atoms with Gasteiger partial charge in [-0.2, -0.15) is 0 Å². The Morgan fingerprint density at radius 3 is 1.91 bits per heavy atom. The van der Waals surface area contributed by atoms with Crippen molar-refractivity contribution in [1.82, 2.24) is 10.6 Å². The van der Waals surface area contributed by atoms with Gasteiger partial charge in [0.1, 0.15) is 0 Å². The van der Waals surface area contributed by atoms with Gasteiger partial charge in [0.2, 0.25) is 0 Å². The van der Waals surface area contributed by atoms with Crippen LogP contribution in [0, 0.1) is 11.3 Å². The molecule has 1 rings (SSSR count). The summed E-state index contributed by atoms with van der Waals surface area (Å²) < 4.78 is 0. The van der Waals surface area contributed by atoms with Gasteiger partial charge in [-0.15, -0.1) is 0 Å². The highest BCUT2D eigenvalue weighted by Gasteiger charge is 2.34. The lowest BCUT2D eigenvalue weighted by atomic mass is 9.76. The van der Waals surface area contributed by atoms with E-state index in [1.165, 1.54) is 0 Å². The van der Waals surface area contributed by atoms with Gasteiger partial charge in [-0.05, 0) is 30.7 Å². The maximum absolute atomic E-state index is 4.31. The Labute approximate surface area is 143 Å². The van der Waals surface area contributed by atoms with Crippen LogP contribution in [0.15, 0.2) is 49.2 Å². The highest BCUT2D eigenvalue weighted by Crippen LogP contribution is 2.31. The zero-order valence-corrected chi connectivity index (χ0v) is 16.0. The molecule has 1 unspecified atom stereocenters. The van der Waals surface area contributed by atoms with Crippen LogP contribution in [0.25, 0.3) is 5.70 Å². The Morgan fingerprint density at radius 1 is 0.957 bits per heavy atom. The fraction of sp³-hybridized carbons (Fsp3) is 0.524. The van der Waals surface area contributed by atoms with Crippen LogP contribution in [0.5, 0.6) is 0 Å². The molecule has 2 heteroatoms. The summed E-state index contributed by atoms with van der Waals surface area (Å²) in [4.78, 5) is 0. The molecule has 0 spiro atoms. The van der Waals surface area contributed by atoms with E-state index in [2.05, 4.69) is 84.4 Å². The molecule has 0 bridgehead atoms. The van der Waals surface area contributed by atoms with E-state index in [1.54, 1.807) is 0 Å². The van der Waals surface area contributed by atoms with Crippen molar-refractivity contribution >= 4 is 5.70 Å². The fourth-order valence-corrected chi connectivity index (χ4v) is 2.23. The molecule has 128 valence electrons. The van der Waals surface area contributed by atoms with Gasteiger partial charge in [0.05, 0.1) is 6.04 Å². The molecular weight excluding hydrogens is 280 g/mol. The van der Waals surface area contributed by atoms with Crippen LogP contribution in [0.2, 0.25) is 0 Å². The molecule has 23 heavy (non-hydrogen) atoms. The minimum atomic E-state index is -0.0486. The molecule has 0 aliphatic carbocycles. The third-order valence-corrected chi connectivity index (χ3v) is 4.84. The van der Waals surface area contributed by atoms with Crippen LogP contribution in [0.4, 0.5) is 0 Å². The predicted octanol–water partition coefficient (Wildman–Crippen LogP) is 5.20. The SMILES string of the molecule is C=C(NC(C(=C)NC(C)(C)C(C)(C)C)C(C)C)c1ccccc1. The zero-order valence-electron chi connectivity index (χ0n) is 16.0. The zero-order chi connectivity index (χ0) is 17.8. The molecule has 2 N–H and O–H groups in total. The molecule has 1 aromatic carbocycles. The second-order valence-electron chi connectivity index (χ2n) is 8.24. The molecule has 0 amide bonds. The lowest BCUT2D eigenvalue weighted by Gasteiger charge is -2.43. The molecular formula is C21H34N2. The number of benzene rings is 1. The highest BCUT2D eigenvalue weighted by atomic mass is 15.1. The van der Waals surface area contributed by atoms with Crippen LogP contribution >= 0.6 is 0 Å². The first-order valence-corrected chi connectivity index (χ1v) is 8.43. The van der Waals surface area contributed by atoms with Crippen LogP contribution in [0.1, 0.15) is 54.0 Å². The number of rotatable bonds is 7. The summed E-state index contributed by atoms with van der Waals surface area (Å²) in [6.07, 6.45) is 0. The molecule has 0 aromatic heterocycles. The molecule has 0 aliphatic rings. The van der Waals surface area contributed by atoms with E-state index in [1.807, 2.05) is 18.2 Å². The normalized spacial score (nSPS) is 13.6. The van der Waals surface area contributed by atoms with Gasteiger partial charge in [0.25, 0.3) is 0 Å². The highest BCUT2D eigenvalue weighted by molar-refractivity contribution is 5.62. The molecule has 0 fully saturated rings. The van der Waals surface area contributed by atoms with Crippen LogP contribution < -0.4 is 10.6 Å². The summed E-state index contributed by atoms with van der Waals surface area (Å²) in [5, 5.41) is 7.19. The van der Waals surface area contributed by atoms with Crippen molar-refractivity contribution in [3.63, 3.8) is 0 Å². The molecule has 1 atom stereocenters. The summed E-state index contributed by atoms with van der Waals surface area (Å²) in [5.41, 5.74) is 3.14. The van der Waals surface area contributed by atoms with Gasteiger partial charge in [-0.1, -0.05) is 78.1 Å². The maximum Gasteiger partial charge on any atom is 0.0676 e. The van der Waals surface area contributed by atoms with Crippen molar-refractivity contribution in [2.24, 2.45) is 11.3 Å². The Kier molecular flexibility index (Phi) is 6.10. The van der Waals surface area contributed by atoms with E-state index in [4.69, 9.17) is 0 Å². The van der Waals surface area contributed by atoms with Crippen LogP contribution in [0.3, 0.4) is 0 Å². The predicted molar refractivity (Wildman–Crippen MR) is 103 cm³/mol. The standard InChI is InChI=1S/C21H34N2/c1-15(2)19(17(4)23-21(8,9)20(5,6)7)22-16(3)18-13-11-10-12-14-18/h10-15,19,22-23H,3-4H2,1-2,5-9H3. The van der Waals surface area contributed by atoms with E-state index >= 15 is 0 Å². The van der Waals surface area contributed by atoms with E-state index in [0.717, 1.165) is 17.0 Å². The largest absolute Gasteiger partial charge is 0.382 e. The van der Waals surface area contributed by atoms with Crippen molar-refractivity contribution < 1.29 is 0 Å². The third kappa shape index (κ3) is 5.16. The quantitative estimate of drug-likeness (QED) is 0.723. The van der Waals surface area contributed by atoms with E-state index in [9.17, 15) is 0 Å². The molecule has 0 radical (unpaired) electrons. The average molecular weight is 315 g/mol. The maximum atomic E-state index is 4.31. The lowest BCUT2D eigenvalue weighted by molar-refractivity contribution is 0.185. The van der Waals surface area contributed by atoms with Crippen molar-refractivity contribution in [3.8, 4) is 0 Å². The smallest absolute Gasteiger partial charge is 0.0676 e. The van der Waals surface area contributed by atoms with Crippen molar-refractivity contribution in [2.45, 2.75) is 60.0 Å². The second kappa shape index (κ2) is 7.25. The van der Waals surface area contributed by atoms with Gasteiger partial charge < -0.3 is 10.6 Å². The molecule has 1 aromatic rings. The first-order chi connectivity index (χ1) is 10.5. The van der Waals surface area contributed by atoms with Gasteiger partial charge in [-0.3, -0.25) is 0 Å². The van der Waals surface area contributed by atoms with Gasteiger partial charge >= 0.3 is 0 Å². The summed E-state index contributed by atoms with van der Waals surface area (Å²) in [6, 6.07) is 10.3. The van der Waals surface area contributed by atoms with Gasteiger partial charge in [0.15, 0.2) is 0 Å². The van der Waals surface area contributed by atoms with Gasteiger partial charge in [0, 0.05) is 16.9 Å². The Bertz CT molecular complexity index is 533. The molecule has 0 aliphatic heterocycles. The first-order valence-electron chi connectivity index (χ1n) is 8.43. The van der Waals surface area contributed by atoms with Crippen molar-refractivity contribution in [2.75, 3.05) is 0 Å². The van der Waals surface area contributed by atoms with Crippen molar-refractivity contribution in [1.29, 1.82) is 0 Å². The summed E-state index contributed by atoms with van der Waals surface area (Å²) in [6.45, 7) is 24.1. The summed E-state index contributed by atoms with van der Waals surface area (Å²) in [5.74, 6) is 0.409. The second-order valence-corrected chi connectivity index (χ2v) is 8.24. The van der Waals surface area contributed by atoms with Crippen LogP contribution in [-0.4, -0.2) is 11.6 Å². The van der Waals surface area contributed by atoms with E-state index in [0.29, 0.717) is 5.92 Å². The molecule has 0 saturated carbocycles. The Balaban J connectivity index is 2.87. The topological polar surface area (TPSA) is 24.1 Å². The van der Waals surface area contributed by atoms with E-state index < -0.39 is 0 Å². The number of nitrogens with one attached hydrogen (secondary N) is 2. The minimum absolute atomic E-state index is 0.0486. The van der Waals surface area contributed by atoms with E-state index in [-0.39, 0.29) is 17.0 Å². The van der Waals surface area contributed by atoms with Crippen molar-refractivity contribution in [3.05, 3.63) is 54.8 Å². The monoisotopic (exact) mass is 314 g/mol. The molecule has 2 nitrogen and oxygen atoms in total. The third-order valence-electron chi connectivity index (χ3n) is 4.84.